The molecule has 1 atom stereocenters. The van der Waals surface area contributed by atoms with Crippen LogP contribution >= 0.6 is 11.6 Å². The van der Waals surface area contributed by atoms with Crippen molar-refractivity contribution in [2.75, 3.05) is 21.3 Å². The molecule has 94 valence electrons. The van der Waals surface area contributed by atoms with Gasteiger partial charge in [0.25, 0.3) is 0 Å². The van der Waals surface area contributed by atoms with E-state index in [-0.39, 0.29) is 11.3 Å². The molecular formula is C11H13ClO5. The molecule has 17 heavy (non-hydrogen) atoms. The molecule has 5 nitrogen and oxygen atoms in total. The number of phenols is 1. The molecule has 0 amide bonds. The first-order valence-corrected chi connectivity index (χ1v) is 5.14. The Labute approximate surface area is 104 Å². The van der Waals surface area contributed by atoms with Gasteiger partial charge in [-0.15, -0.1) is 0 Å². The van der Waals surface area contributed by atoms with E-state index < -0.39 is 11.3 Å². The molecule has 0 saturated heterocycles. The SMILES string of the molecule is COc1cc(O)c(C(=O)C(Cl)OC)cc1OC. The van der Waals surface area contributed by atoms with Crippen LogP contribution in [0.5, 0.6) is 17.2 Å². The maximum absolute atomic E-state index is 11.8. The Morgan fingerprint density at radius 2 is 1.76 bits per heavy atom. The Kier molecular flexibility index (Phi) is 4.60. The van der Waals surface area contributed by atoms with Gasteiger partial charge in [0.15, 0.2) is 17.1 Å². The normalized spacial score (nSPS) is 12.0. The van der Waals surface area contributed by atoms with Crippen LogP contribution in [-0.2, 0) is 4.74 Å². The summed E-state index contributed by atoms with van der Waals surface area (Å²) in [6.07, 6.45) is 0. The molecule has 1 N–H and O–H groups in total. The van der Waals surface area contributed by atoms with Gasteiger partial charge in [0.2, 0.25) is 5.78 Å². The molecular weight excluding hydrogens is 248 g/mol. The minimum absolute atomic E-state index is 0.0181. The van der Waals surface area contributed by atoms with Crippen molar-refractivity contribution >= 4 is 17.4 Å². The standard InChI is InChI=1S/C11H13ClO5/c1-15-8-4-6(10(14)11(12)17-3)7(13)5-9(8)16-2/h4-5,11,13H,1-3H3. The molecule has 0 aliphatic carbocycles. The van der Waals surface area contributed by atoms with Crippen LogP contribution in [0.3, 0.4) is 0 Å². The summed E-state index contributed by atoms with van der Waals surface area (Å²) in [4.78, 5) is 11.8. The number of halogens is 1. The predicted octanol–water partition coefficient (Wildman–Crippen LogP) is 1.80. The fraction of sp³-hybridized carbons (Fsp3) is 0.364. The minimum atomic E-state index is -1.15. The van der Waals surface area contributed by atoms with Gasteiger partial charge in [-0.1, -0.05) is 11.6 Å². The highest BCUT2D eigenvalue weighted by atomic mass is 35.5. The molecule has 0 bridgehead atoms. The van der Waals surface area contributed by atoms with Crippen LogP contribution in [0.2, 0.25) is 0 Å². The van der Waals surface area contributed by atoms with Crippen LogP contribution in [0.1, 0.15) is 10.4 Å². The van der Waals surface area contributed by atoms with Gasteiger partial charge < -0.3 is 19.3 Å². The molecule has 0 aromatic heterocycles. The molecule has 0 saturated carbocycles. The second kappa shape index (κ2) is 5.75. The minimum Gasteiger partial charge on any atom is -0.507 e. The fourth-order valence-corrected chi connectivity index (χ4v) is 1.41. The van der Waals surface area contributed by atoms with Gasteiger partial charge >= 0.3 is 0 Å². The number of methoxy groups -OCH3 is 3. The molecule has 0 spiro atoms. The van der Waals surface area contributed by atoms with Crippen molar-refractivity contribution in [2.45, 2.75) is 5.56 Å². The van der Waals surface area contributed by atoms with Crippen LogP contribution < -0.4 is 9.47 Å². The zero-order valence-electron chi connectivity index (χ0n) is 9.69. The van der Waals surface area contributed by atoms with E-state index in [2.05, 4.69) is 4.74 Å². The van der Waals surface area contributed by atoms with Crippen LogP contribution in [0.15, 0.2) is 12.1 Å². The summed E-state index contributed by atoms with van der Waals surface area (Å²) >= 11 is 5.64. The predicted molar refractivity (Wildman–Crippen MR) is 62.2 cm³/mol. The zero-order valence-corrected chi connectivity index (χ0v) is 10.4. The number of ketones is 1. The number of Topliss-reactive ketones (excluding diaryl/α,β-unsaturated/α-hetero) is 1. The second-order valence-electron chi connectivity index (χ2n) is 3.14. The number of ether oxygens (including phenoxy) is 3. The van der Waals surface area contributed by atoms with Crippen molar-refractivity contribution in [2.24, 2.45) is 0 Å². The smallest absolute Gasteiger partial charge is 0.210 e. The second-order valence-corrected chi connectivity index (χ2v) is 3.54. The van der Waals surface area contributed by atoms with Gasteiger partial charge in [0, 0.05) is 13.2 Å². The highest BCUT2D eigenvalue weighted by Gasteiger charge is 2.22. The van der Waals surface area contributed by atoms with Crippen molar-refractivity contribution in [3.8, 4) is 17.2 Å². The number of carbonyl (C=O) groups excluding carboxylic acids is 1. The summed E-state index contributed by atoms with van der Waals surface area (Å²) in [5.41, 5.74) is -1.14. The number of benzene rings is 1. The number of rotatable bonds is 5. The molecule has 0 aliphatic rings. The molecule has 1 aromatic rings. The third kappa shape index (κ3) is 2.81. The molecule has 0 aliphatic heterocycles. The molecule has 1 unspecified atom stereocenters. The number of carbonyl (C=O) groups is 1. The van der Waals surface area contributed by atoms with Crippen molar-refractivity contribution in [1.29, 1.82) is 0 Å². The lowest BCUT2D eigenvalue weighted by atomic mass is 10.1. The average molecular weight is 261 g/mol. The first-order valence-electron chi connectivity index (χ1n) is 4.71. The Morgan fingerprint density at radius 1 is 1.24 bits per heavy atom. The summed E-state index contributed by atoms with van der Waals surface area (Å²) in [7, 11) is 4.16. The quantitative estimate of drug-likeness (QED) is 0.646. The molecule has 0 fully saturated rings. The summed E-state index contributed by atoms with van der Waals surface area (Å²) < 4.78 is 14.7. The van der Waals surface area contributed by atoms with Crippen molar-refractivity contribution < 1.29 is 24.1 Å². The van der Waals surface area contributed by atoms with E-state index in [1.54, 1.807) is 0 Å². The lowest BCUT2D eigenvalue weighted by molar-refractivity contribution is 0.0778. The van der Waals surface area contributed by atoms with E-state index >= 15 is 0 Å². The van der Waals surface area contributed by atoms with Crippen molar-refractivity contribution in [3.63, 3.8) is 0 Å². The third-order valence-electron chi connectivity index (χ3n) is 2.18. The van der Waals surface area contributed by atoms with E-state index in [9.17, 15) is 9.90 Å². The van der Waals surface area contributed by atoms with Crippen LogP contribution in [-0.4, -0.2) is 37.8 Å². The summed E-state index contributed by atoms with van der Waals surface area (Å²) in [5.74, 6) is -0.137. The van der Waals surface area contributed by atoms with Gasteiger partial charge in [-0.3, -0.25) is 4.79 Å². The zero-order chi connectivity index (χ0) is 13.0. The summed E-state index contributed by atoms with van der Waals surface area (Å²) in [5, 5.41) is 9.69. The first kappa shape index (κ1) is 13.6. The van der Waals surface area contributed by atoms with Gasteiger partial charge in [0.1, 0.15) is 5.75 Å². The van der Waals surface area contributed by atoms with E-state index in [1.807, 2.05) is 0 Å². The van der Waals surface area contributed by atoms with E-state index in [1.165, 1.54) is 33.5 Å². The summed E-state index contributed by atoms with van der Waals surface area (Å²) in [6.45, 7) is 0. The fourth-order valence-electron chi connectivity index (χ4n) is 1.29. The van der Waals surface area contributed by atoms with E-state index in [0.29, 0.717) is 11.5 Å². The van der Waals surface area contributed by atoms with Crippen molar-refractivity contribution in [3.05, 3.63) is 17.7 Å². The molecule has 1 rings (SSSR count). The van der Waals surface area contributed by atoms with E-state index in [4.69, 9.17) is 21.1 Å². The molecule has 1 aromatic carbocycles. The Balaban J connectivity index is 3.21. The first-order chi connectivity index (χ1) is 8.04. The van der Waals surface area contributed by atoms with Crippen LogP contribution in [0, 0.1) is 0 Å². The topological polar surface area (TPSA) is 65.0 Å². The van der Waals surface area contributed by atoms with Gasteiger partial charge in [-0.05, 0) is 6.07 Å². The van der Waals surface area contributed by atoms with Crippen LogP contribution in [0.4, 0.5) is 0 Å². The third-order valence-corrected chi connectivity index (χ3v) is 2.56. The average Bonchev–Trinajstić information content (AvgIpc) is 2.36. The van der Waals surface area contributed by atoms with Crippen molar-refractivity contribution in [1.82, 2.24) is 0 Å². The number of phenolic OH excluding ortho intramolecular Hbond substituents is 1. The highest BCUT2D eigenvalue weighted by Crippen LogP contribution is 2.34. The Bertz CT molecular complexity index is 419. The van der Waals surface area contributed by atoms with Gasteiger partial charge in [-0.25, -0.2) is 0 Å². The van der Waals surface area contributed by atoms with Gasteiger partial charge in [-0.2, -0.15) is 0 Å². The maximum Gasteiger partial charge on any atom is 0.210 e. The van der Waals surface area contributed by atoms with Gasteiger partial charge in [0.05, 0.1) is 19.8 Å². The monoisotopic (exact) mass is 260 g/mol. The number of hydrogen-bond acceptors (Lipinski definition) is 5. The lowest BCUT2D eigenvalue weighted by Crippen LogP contribution is -2.16. The molecule has 0 heterocycles. The Morgan fingerprint density at radius 3 is 2.24 bits per heavy atom. The number of aromatic hydroxyl groups is 1. The largest absolute Gasteiger partial charge is 0.507 e. The van der Waals surface area contributed by atoms with E-state index in [0.717, 1.165) is 0 Å². The Hall–Kier alpha value is -1.46. The lowest BCUT2D eigenvalue weighted by Gasteiger charge is -2.12. The van der Waals surface area contributed by atoms with Crippen LogP contribution in [0.25, 0.3) is 0 Å². The highest BCUT2D eigenvalue weighted by molar-refractivity contribution is 6.33. The maximum atomic E-state index is 11.8. The molecule has 6 heteroatoms. The summed E-state index contributed by atoms with van der Waals surface area (Å²) in [6, 6.07) is 2.64. The number of hydrogen-bond donors (Lipinski definition) is 1. The molecule has 0 radical (unpaired) electrons. The number of alkyl halides is 1.